The fraction of sp³-hybridized carbons (Fsp3) is 0.900. The van der Waals surface area contributed by atoms with Crippen LogP contribution in [0, 0.1) is 11.8 Å². The first-order valence-corrected chi connectivity index (χ1v) is 5.08. The molecule has 0 aliphatic rings. The summed E-state index contributed by atoms with van der Waals surface area (Å²) in [6, 6.07) is 0. The molecule has 0 rings (SSSR count). The average molecular weight is 205 g/mol. The minimum Gasteiger partial charge on any atom is -0.396 e. The molecular weight excluding hydrogens is 184 g/mol. The van der Waals surface area contributed by atoms with Crippen molar-refractivity contribution >= 4 is 0 Å². The molecule has 0 saturated carbocycles. The lowest BCUT2D eigenvalue weighted by Crippen LogP contribution is -2.18. The molecule has 0 aliphatic heterocycles. The molecule has 14 heavy (non-hydrogen) atoms. The van der Waals surface area contributed by atoms with E-state index in [2.05, 4.69) is 0 Å². The summed E-state index contributed by atoms with van der Waals surface area (Å²) in [5.41, 5.74) is 0. The highest BCUT2D eigenvalue weighted by Crippen LogP contribution is 2.27. The highest BCUT2D eigenvalue weighted by molar-refractivity contribution is 4.96. The van der Waals surface area contributed by atoms with Crippen LogP contribution in [0.1, 0.15) is 25.7 Å². The van der Waals surface area contributed by atoms with Crippen molar-refractivity contribution in [2.75, 3.05) is 26.4 Å². The van der Waals surface area contributed by atoms with E-state index < -0.39 is 0 Å². The van der Waals surface area contributed by atoms with Gasteiger partial charge in [-0.25, -0.2) is 0 Å². The molecule has 0 unspecified atom stereocenters. The Morgan fingerprint density at radius 1 is 0.714 bits per heavy atom. The molecule has 0 aromatic carbocycles. The van der Waals surface area contributed by atoms with Crippen molar-refractivity contribution in [2.45, 2.75) is 25.7 Å². The van der Waals surface area contributed by atoms with Gasteiger partial charge in [-0.2, -0.15) is 0 Å². The highest BCUT2D eigenvalue weighted by atomic mass is 16.3. The maximum Gasteiger partial charge on any atom is 0.0436 e. The van der Waals surface area contributed by atoms with Crippen molar-refractivity contribution in [2.24, 2.45) is 5.92 Å². The predicted octanol–water partition coefficient (Wildman–Crippen LogP) is -0.293. The van der Waals surface area contributed by atoms with Gasteiger partial charge in [-0.1, -0.05) is 0 Å². The van der Waals surface area contributed by atoms with Gasteiger partial charge in [0.1, 0.15) is 0 Å². The van der Waals surface area contributed by atoms with Gasteiger partial charge in [0.15, 0.2) is 0 Å². The van der Waals surface area contributed by atoms with Crippen molar-refractivity contribution in [3.05, 3.63) is 5.92 Å². The summed E-state index contributed by atoms with van der Waals surface area (Å²) in [6.45, 7) is 0.265. The van der Waals surface area contributed by atoms with Crippen LogP contribution in [0.5, 0.6) is 0 Å². The van der Waals surface area contributed by atoms with E-state index in [1.54, 1.807) is 0 Å². The van der Waals surface area contributed by atoms with E-state index in [1.165, 1.54) is 0 Å². The fourth-order valence-corrected chi connectivity index (χ4v) is 1.68. The van der Waals surface area contributed by atoms with Gasteiger partial charge >= 0.3 is 0 Å². The lowest BCUT2D eigenvalue weighted by Gasteiger charge is -2.24. The monoisotopic (exact) mass is 205 g/mol. The van der Waals surface area contributed by atoms with Gasteiger partial charge in [0.2, 0.25) is 0 Å². The van der Waals surface area contributed by atoms with Crippen molar-refractivity contribution < 1.29 is 20.4 Å². The van der Waals surface area contributed by atoms with E-state index in [4.69, 9.17) is 20.4 Å². The van der Waals surface area contributed by atoms with Gasteiger partial charge < -0.3 is 20.4 Å². The summed E-state index contributed by atoms with van der Waals surface area (Å²) >= 11 is 0. The first kappa shape index (κ1) is 13.8. The van der Waals surface area contributed by atoms with E-state index in [0.29, 0.717) is 25.7 Å². The van der Waals surface area contributed by atoms with Crippen molar-refractivity contribution in [1.82, 2.24) is 0 Å². The van der Waals surface area contributed by atoms with E-state index in [1.807, 2.05) is 0 Å². The number of hydrogen-bond acceptors (Lipinski definition) is 4. The quantitative estimate of drug-likeness (QED) is 0.417. The molecule has 0 saturated heterocycles. The zero-order valence-corrected chi connectivity index (χ0v) is 8.52. The molecule has 0 fully saturated rings. The summed E-state index contributed by atoms with van der Waals surface area (Å²) in [5.74, 6) is 1.16. The summed E-state index contributed by atoms with van der Waals surface area (Å²) in [7, 11) is 0. The van der Waals surface area contributed by atoms with Crippen LogP contribution in [0.25, 0.3) is 0 Å². The molecule has 4 nitrogen and oxygen atoms in total. The molecular formula is C10H21O4. The van der Waals surface area contributed by atoms with Gasteiger partial charge in [0, 0.05) is 26.4 Å². The summed E-state index contributed by atoms with van der Waals surface area (Å²) in [5, 5.41) is 35.3. The largest absolute Gasteiger partial charge is 0.396 e. The molecule has 4 N–H and O–H groups in total. The zero-order chi connectivity index (χ0) is 10.8. The van der Waals surface area contributed by atoms with Gasteiger partial charge in [0.25, 0.3) is 0 Å². The van der Waals surface area contributed by atoms with Crippen molar-refractivity contribution in [3.8, 4) is 0 Å². The molecule has 0 bridgehead atoms. The van der Waals surface area contributed by atoms with Crippen LogP contribution < -0.4 is 0 Å². The number of aliphatic hydroxyl groups is 4. The Morgan fingerprint density at radius 3 is 1.43 bits per heavy atom. The van der Waals surface area contributed by atoms with E-state index in [-0.39, 0.29) is 32.3 Å². The van der Waals surface area contributed by atoms with Crippen LogP contribution in [0.15, 0.2) is 0 Å². The van der Waals surface area contributed by atoms with Crippen LogP contribution in [-0.2, 0) is 0 Å². The van der Waals surface area contributed by atoms with Crippen molar-refractivity contribution in [3.63, 3.8) is 0 Å². The second-order valence-corrected chi connectivity index (χ2v) is 3.33. The second-order valence-electron chi connectivity index (χ2n) is 3.33. The topological polar surface area (TPSA) is 80.9 Å². The van der Waals surface area contributed by atoms with E-state index in [9.17, 15) is 0 Å². The van der Waals surface area contributed by atoms with Crippen molar-refractivity contribution in [1.29, 1.82) is 0 Å². The average Bonchev–Trinajstić information content (AvgIpc) is 2.17. The standard InChI is InChI=1S/C10H21O4/c11-5-1-9(2-6-12)10(3-7-13)4-8-14/h9,11-14H,1-8H2. The summed E-state index contributed by atoms with van der Waals surface area (Å²) in [4.78, 5) is 0. The Hall–Kier alpha value is -0.160. The second kappa shape index (κ2) is 9.40. The third-order valence-corrected chi connectivity index (χ3v) is 2.40. The molecule has 85 valence electrons. The lowest BCUT2D eigenvalue weighted by atomic mass is 9.83. The Bertz CT molecular complexity index is 92.7. The summed E-state index contributed by atoms with van der Waals surface area (Å²) < 4.78 is 0. The summed E-state index contributed by atoms with van der Waals surface area (Å²) in [6.07, 6.45) is 2.28. The Labute approximate surface area is 85.2 Å². The van der Waals surface area contributed by atoms with Crippen LogP contribution >= 0.6 is 0 Å². The molecule has 0 spiro atoms. The van der Waals surface area contributed by atoms with Gasteiger partial charge in [-0.15, -0.1) is 0 Å². The molecule has 0 aromatic rings. The minimum absolute atomic E-state index is 0.0582. The normalized spacial score (nSPS) is 11.6. The molecule has 0 heterocycles. The first-order chi connectivity index (χ1) is 6.79. The van der Waals surface area contributed by atoms with Crippen LogP contribution in [0.4, 0.5) is 0 Å². The van der Waals surface area contributed by atoms with Gasteiger partial charge in [-0.05, 0) is 37.5 Å². The first-order valence-electron chi connectivity index (χ1n) is 5.08. The number of hydrogen-bond donors (Lipinski definition) is 4. The van der Waals surface area contributed by atoms with Crippen LogP contribution in [0.2, 0.25) is 0 Å². The Morgan fingerprint density at radius 2 is 1.14 bits per heavy atom. The van der Waals surface area contributed by atoms with E-state index in [0.717, 1.165) is 5.92 Å². The highest BCUT2D eigenvalue weighted by Gasteiger charge is 2.20. The fourth-order valence-electron chi connectivity index (χ4n) is 1.68. The molecule has 0 aliphatic carbocycles. The van der Waals surface area contributed by atoms with E-state index >= 15 is 0 Å². The molecule has 1 radical (unpaired) electrons. The SMILES string of the molecule is OCC[C](CCO)C(CCO)CCO. The Balaban J connectivity index is 4.06. The lowest BCUT2D eigenvalue weighted by molar-refractivity contribution is 0.195. The molecule has 0 atom stereocenters. The smallest absolute Gasteiger partial charge is 0.0436 e. The third-order valence-electron chi connectivity index (χ3n) is 2.40. The van der Waals surface area contributed by atoms with Gasteiger partial charge in [0.05, 0.1) is 0 Å². The number of rotatable bonds is 9. The minimum atomic E-state index is 0.0582. The maximum absolute atomic E-state index is 8.83. The predicted molar refractivity (Wildman–Crippen MR) is 53.5 cm³/mol. The van der Waals surface area contributed by atoms with Gasteiger partial charge in [-0.3, -0.25) is 0 Å². The molecule has 0 aromatic heterocycles. The zero-order valence-electron chi connectivity index (χ0n) is 8.52. The molecule has 0 amide bonds. The number of aliphatic hydroxyl groups excluding tert-OH is 4. The molecule has 4 heteroatoms. The van der Waals surface area contributed by atoms with Crippen LogP contribution in [-0.4, -0.2) is 46.9 Å². The maximum atomic E-state index is 8.83. The Kier molecular flexibility index (Phi) is 9.29. The van der Waals surface area contributed by atoms with Crippen LogP contribution in [0.3, 0.4) is 0 Å². The third kappa shape index (κ3) is 5.54.